The average molecular weight is 484 g/mol. The minimum absolute atomic E-state index is 0. The Morgan fingerprint density at radius 1 is 0.607 bits per heavy atom. The first-order valence-electron chi connectivity index (χ1n) is 9.24. The summed E-state index contributed by atoms with van der Waals surface area (Å²) in [5, 5.41) is 12.4. The highest BCUT2D eigenvalue weighted by Gasteiger charge is 2.27. The predicted molar refractivity (Wildman–Crippen MR) is 121 cm³/mol. The van der Waals surface area contributed by atoms with Crippen LogP contribution in [0, 0.1) is 0 Å². The molecule has 4 N–H and O–H groups in total. The lowest BCUT2D eigenvalue weighted by Gasteiger charge is -2.27. The van der Waals surface area contributed by atoms with Gasteiger partial charge in [0.15, 0.2) is 0 Å². The van der Waals surface area contributed by atoms with Crippen LogP contribution in [-0.4, -0.2) is 86.3 Å². The van der Waals surface area contributed by atoms with Gasteiger partial charge in [-0.15, -0.1) is 49.6 Å². The molecule has 4 amide bonds. The van der Waals surface area contributed by atoms with E-state index in [-0.39, 0.29) is 61.7 Å². The summed E-state index contributed by atoms with van der Waals surface area (Å²) >= 11 is 0. The number of rotatable bonds is 2. The van der Waals surface area contributed by atoms with Gasteiger partial charge in [0.2, 0.25) is 0 Å². The van der Waals surface area contributed by atoms with E-state index in [1.807, 2.05) is 9.80 Å². The molecule has 2 aliphatic heterocycles. The highest BCUT2D eigenvalue weighted by molar-refractivity contribution is 5.86. The van der Waals surface area contributed by atoms with Crippen LogP contribution in [0.15, 0.2) is 0 Å². The maximum Gasteiger partial charge on any atom is 0.317 e. The Labute approximate surface area is 192 Å². The Hall–Kier alpha value is -0.380. The molecule has 0 aromatic carbocycles. The summed E-state index contributed by atoms with van der Waals surface area (Å²) in [6.45, 7) is 7.10. The van der Waals surface area contributed by atoms with Gasteiger partial charge < -0.3 is 31.1 Å². The van der Waals surface area contributed by atoms with Crippen LogP contribution in [0.3, 0.4) is 0 Å². The van der Waals surface area contributed by atoms with Crippen molar-refractivity contribution in [3.05, 3.63) is 0 Å². The van der Waals surface area contributed by atoms with Crippen molar-refractivity contribution in [1.29, 1.82) is 0 Å². The number of nitrogens with one attached hydrogen (secondary N) is 4. The molecular weight excluding hydrogens is 450 g/mol. The topological polar surface area (TPSA) is 88.7 Å². The van der Waals surface area contributed by atoms with E-state index in [0.29, 0.717) is 12.1 Å². The van der Waals surface area contributed by atoms with Crippen LogP contribution in [0.25, 0.3) is 0 Å². The van der Waals surface area contributed by atoms with Crippen molar-refractivity contribution in [2.24, 2.45) is 0 Å². The molecule has 0 radical (unpaired) electrons. The molecule has 4 rings (SSSR count). The predicted octanol–water partition coefficient (Wildman–Crippen LogP) is 1.21. The van der Waals surface area contributed by atoms with E-state index in [0.717, 1.165) is 78.0 Å². The van der Waals surface area contributed by atoms with Gasteiger partial charge in [-0.3, -0.25) is 0 Å². The second-order valence-electron chi connectivity index (χ2n) is 6.92. The molecule has 2 saturated carbocycles. The van der Waals surface area contributed by atoms with Crippen LogP contribution in [0.2, 0.25) is 0 Å². The standard InChI is InChI=1S/2C8H15N3O.4ClH/c2*12-8(10-7-1-2-7)11-5-3-9-4-6-11;;;;/h2*7,9H,1-6H2,(H,10,12);4*1H. The quantitative estimate of drug-likeness (QED) is 0.475. The largest absolute Gasteiger partial charge is 0.335 e. The van der Waals surface area contributed by atoms with Gasteiger partial charge in [-0.05, 0) is 25.7 Å². The highest BCUT2D eigenvalue weighted by atomic mass is 35.5. The lowest BCUT2D eigenvalue weighted by atomic mass is 10.4. The number of urea groups is 2. The van der Waals surface area contributed by atoms with Gasteiger partial charge in [0.05, 0.1) is 0 Å². The summed E-state index contributed by atoms with van der Waals surface area (Å²) in [7, 11) is 0. The van der Waals surface area contributed by atoms with Crippen LogP contribution in [-0.2, 0) is 0 Å². The Balaban J connectivity index is 0. The first-order chi connectivity index (χ1) is 11.7. The van der Waals surface area contributed by atoms with Crippen LogP contribution in [0.4, 0.5) is 9.59 Å². The van der Waals surface area contributed by atoms with Crippen LogP contribution < -0.4 is 21.3 Å². The van der Waals surface area contributed by atoms with Gasteiger partial charge in [0.1, 0.15) is 0 Å². The van der Waals surface area contributed by atoms with E-state index in [1.54, 1.807) is 0 Å². The van der Waals surface area contributed by atoms with Crippen molar-refractivity contribution in [2.45, 2.75) is 37.8 Å². The van der Waals surface area contributed by atoms with Gasteiger partial charge >= 0.3 is 12.1 Å². The normalized spacial score (nSPS) is 20.4. The lowest BCUT2D eigenvalue weighted by molar-refractivity contribution is 0.189. The Kier molecular flexibility index (Phi) is 16.5. The molecule has 168 valence electrons. The molecule has 4 aliphatic rings. The number of hydrogen-bond donors (Lipinski definition) is 4. The van der Waals surface area contributed by atoms with Crippen LogP contribution >= 0.6 is 49.6 Å². The molecule has 0 aromatic rings. The fraction of sp³-hybridized carbons (Fsp3) is 0.875. The third-order valence-corrected chi connectivity index (χ3v) is 4.62. The number of nitrogens with zero attached hydrogens (tertiary/aromatic N) is 2. The van der Waals surface area contributed by atoms with Crippen molar-refractivity contribution in [1.82, 2.24) is 31.1 Å². The monoisotopic (exact) mass is 482 g/mol. The molecule has 0 atom stereocenters. The van der Waals surface area contributed by atoms with Crippen molar-refractivity contribution >= 4 is 61.7 Å². The second-order valence-corrected chi connectivity index (χ2v) is 6.92. The number of carbonyl (C=O) groups excluding carboxylic acids is 2. The summed E-state index contributed by atoms with van der Waals surface area (Å²) in [6, 6.07) is 1.21. The van der Waals surface area contributed by atoms with E-state index in [2.05, 4.69) is 21.3 Å². The Morgan fingerprint density at radius 3 is 1.14 bits per heavy atom. The number of piperazine rings is 2. The molecule has 12 heteroatoms. The summed E-state index contributed by atoms with van der Waals surface area (Å²) in [6.07, 6.45) is 4.66. The lowest BCUT2D eigenvalue weighted by Crippen LogP contribution is -2.50. The second kappa shape index (κ2) is 15.5. The molecule has 0 bridgehead atoms. The van der Waals surface area contributed by atoms with Crippen molar-refractivity contribution < 1.29 is 9.59 Å². The molecule has 2 heterocycles. The van der Waals surface area contributed by atoms with Crippen molar-refractivity contribution in [3.8, 4) is 0 Å². The number of amides is 4. The molecule has 2 aliphatic carbocycles. The van der Waals surface area contributed by atoms with Gasteiger partial charge in [0, 0.05) is 64.4 Å². The third kappa shape index (κ3) is 11.0. The third-order valence-electron chi connectivity index (χ3n) is 4.62. The number of carbonyl (C=O) groups is 2. The van der Waals surface area contributed by atoms with Gasteiger partial charge in [-0.1, -0.05) is 0 Å². The van der Waals surface area contributed by atoms with Crippen LogP contribution in [0.1, 0.15) is 25.7 Å². The molecule has 8 nitrogen and oxygen atoms in total. The summed E-state index contributed by atoms with van der Waals surface area (Å²) in [4.78, 5) is 26.6. The summed E-state index contributed by atoms with van der Waals surface area (Å²) in [5.41, 5.74) is 0. The van der Waals surface area contributed by atoms with E-state index in [1.165, 1.54) is 0 Å². The maximum atomic E-state index is 11.4. The highest BCUT2D eigenvalue weighted by Crippen LogP contribution is 2.19. The van der Waals surface area contributed by atoms with Gasteiger partial charge in [-0.2, -0.15) is 0 Å². The zero-order chi connectivity index (χ0) is 16.8. The number of hydrogen-bond acceptors (Lipinski definition) is 4. The molecule has 0 aromatic heterocycles. The zero-order valence-corrected chi connectivity index (χ0v) is 19.2. The smallest absolute Gasteiger partial charge is 0.317 e. The maximum absolute atomic E-state index is 11.4. The van der Waals surface area contributed by atoms with E-state index in [4.69, 9.17) is 0 Å². The molecule has 2 saturated heterocycles. The summed E-state index contributed by atoms with van der Waals surface area (Å²) in [5.74, 6) is 0. The summed E-state index contributed by atoms with van der Waals surface area (Å²) < 4.78 is 0. The molecule has 0 spiro atoms. The number of halogens is 4. The molecule has 28 heavy (non-hydrogen) atoms. The van der Waals surface area contributed by atoms with E-state index < -0.39 is 0 Å². The molecule has 0 unspecified atom stereocenters. The fourth-order valence-electron chi connectivity index (χ4n) is 2.72. The van der Waals surface area contributed by atoms with Gasteiger partial charge in [0.25, 0.3) is 0 Å². The Morgan fingerprint density at radius 2 is 0.893 bits per heavy atom. The first kappa shape index (κ1) is 29.8. The Bertz CT molecular complexity index is 403. The molecular formula is C16H34Cl4N6O2. The minimum atomic E-state index is 0. The van der Waals surface area contributed by atoms with Crippen molar-refractivity contribution in [3.63, 3.8) is 0 Å². The van der Waals surface area contributed by atoms with E-state index in [9.17, 15) is 9.59 Å². The SMILES string of the molecule is Cl.Cl.Cl.Cl.O=C(NC1CC1)N1CCNCC1.O=C(NC1CC1)N1CCNCC1. The van der Waals surface area contributed by atoms with Crippen LogP contribution in [0.5, 0.6) is 0 Å². The van der Waals surface area contributed by atoms with Crippen molar-refractivity contribution in [2.75, 3.05) is 52.4 Å². The average Bonchev–Trinajstić information content (AvgIpc) is 3.54. The fourth-order valence-corrected chi connectivity index (χ4v) is 2.72. The minimum Gasteiger partial charge on any atom is -0.335 e. The molecule has 4 fully saturated rings. The van der Waals surface area contributed by atoms with Gasteiger partial charge in [-0.25, -0.2) is 9.59 Å². The first-order valence-corrected chi connectivity index (χ1v) is 9.24. The zero-order valence-electron chi connectivity index (χ0n) is 16.0. The van der Waals surface area contributed by atoms with E-state index >= 15 is 0 Å².